The van der Waals surface area contributed by atoms with Gasteiger partial charge in [-0.2, -0.15) is 0 Å². The molecule has 0 saturated heterocycles. The van der Waals surface area contributed by atoms with Crippen molar-refractivity contribution >= 4 is 0 Å². The molecular weight excluding hydrogens is 178 g/mol. The molecule has 0 aliphatic heterocycles. The molecule has 0 amide bonds. The zero-order chi connectivity index (χ0) is 11.2. The van der Waals surface area contributed by atoms with Gasteiger partial charge in [-0.15, -0.1) is 0 Å². The van der Waals surface area contributed by atoms with Crippen LogP contribution in [0.15, 0.2) is 0 Å². The third kappa shape index (κ3) is 3.56. The van der Waals surface area contributed by atoms with Crippen molar-refractivity contribution in [2.24, 2.45) is 5.92 Å². The Morgan fingerprint density at radius 3 is 1.86 bits per heavy atom. The maximum atomic E-state index is 9.28. The van der Waals surface area contributed by atoms with Crippen LogP contribution in [-0.2, 0) is 0 Å². The summed E-state index contributed by atoms with van der Waals surface area (Å²) in [5, 5.41) is 21.9. The molecule has 0 aromatic heterocycles. The average molecular weight is 203 g/mol. The molecule has 14 heavy (non-hydrogen) atoms. The first kappa shape index (κ1) is 13.9. The van der Waals surface area contributed by atoms with Gasteiger partial charge in [-0.1, -0.05) is 27.7 Å². The predicted molar refractivity (Wildman–Crippen MR) is 59.2 cm³/mol. The Hall–Kier alpha value is -0.120. The van der Waals surface area contributed by atoms with E-state index in [1.165, 1.54) is 0 Å². The molecule has 3 nitrogen and oxygen atoms in total. The highest BCUT2D eigenvalue weighted by atomic mass is 16.3. The minimum Gasteiger partial charge on any atom is -0.394 e. The fourth-order valence-corrected chi connectivity index (χ4v) is 1.60. The maximum absolute atomic E-state index is 9.28. The molecule has 3 N–H and O–H groups in total. The number of rotatable bonds is 7. The molecule has 0 heterocycles. The second-order valence-corrected chi connectivity index (χ2v) is 4.35. The lowest BCUT2D eigenvalue weighted by Gasteiger charge is -2.36. The van der Waals surface area contributed by atoms with Crippen molar-refractivity contribution in [1.82, 2.24) is 5.32 Å². The predicted octanol–water partition coefficient (Wildman–Crippen LogP) is 1.14. The van der Waals surface area contributed by atoms with E-state index in [1.807, 2.05) is 6.92 Å². The maximum Gasteiger partial charge on any atom is 0.0647 e. The zero-order valence-electron chi connectivity index (χ0n) is 9.88. The summed E-state index contributed by atoms with van der Waals surface area (Å²) in [4.78, 5) is 0. The zero-order valence-corrected chi connectivity index (χ0v) is 9.88. The molecular formula is C11H25NO2. The smallest absolute Gasteiger partial charge is 0.0647 e. The Morgan fingerprint density at radius 1 is 1.14 bits per heavy atom. The topological polar surface area (TPSA) is 52.5 Å². The second kappa shape index (κ2) is 6.38. The van der Waals surface area contributed by atoms with Gasteiger partial charge in [0.1, 0.15) is 0 Å². The van der Waals surface area contributed by atoms with Crippen molar-refractivity contribution in [3.8, 4) is 0 Å². The lowest BCUT2D eigenvalue weighted by atomic mass is 9.93. The summed E-state index contributed by atoms with van der Waals surface area (Å²) in [5.41, 5.74) is -0.509. The monoisotopic (exact) mass is 203 g/mol. The largest absolute Gasteiger partial charge is 0.394 e. The third-order valence-electron chi connectivity index (χ3n) is 3.02. The summed E-state index contributed by atoms with van der Waals surface area (Å²) in [6.45, 7) is 8.37. The van der Waals surface area contributed by atoms with Crippen molar-refractivity contribution < 1.29 is 10.2 Å². The number of hydrogen-bond donors (Lipinski definition) is 3. The van der Waals surface area contributed by atoms with E-state index in [4.69, 9.17) is 0 Å². The molecule has 0 aromatic carbocycles. The van der Waals surface area contributed by atoms with Crippen LogP contribution < -0.4 is 5.32 Å². The molecule has 0 saturated carbocycles. The normalized spacial score (nSPS) is 14.8. The van der Waals surface area contributed by atoms with Crippen LogP contribution in [0.4, 0.5) is 0 Å². The Balaban J connectivity index is 4.39. The molecule has 1 atom stereocenters. The van der Waals surface area contributed by atoms with E-state index in [9.17, 15) is 10.2 Å². The van der Waals surface area contributed by atoms with E-state index in [1.54, 1.807) is 0 Å². The van der Waals surface area contributed by atoms with E-state index >= 15 is 0 Å². The molecule has 0 radical (unpaired) electrons. The average Bonchev–Trinajstić information content (AvgIpc) is 2.20. The summed E-state index contributed by atoms with van der Waals surface area (Å²) in [6.07, 6.45) is 1.75. The fraction of sp³-hybridized carbons (Fsp3) is 1.00. The summed E-state index contributed by atoms with van der Waals surface area (Å²) in [5.74, 6) is 0.518. The van der Waals surface area contributed by atoms with Crippen molar-refractivity contribution in [1.29, 1.82) is 0 Å². The van der Waals surface area contributed by atoms with E-state index in [0.717, 1.165) is 12.8 Å². The molecule has 0 fully saturated rings. The van der Waals surface area contributed by atoms with Gasteiger partial charge in [0.15, 0.2) is 0 Å². The van der Waals surface area contributed by atoms with Crippen molar-refractivity contribution in [3.05, 3.63) is 0 Å². The number of hydrogen-bond acceptors (Lipinski definition) is 3. The lowest BCUT2D eigenvalue weighted by Crippen LogP contribution is -2.56. The van der Waals surface area contributed by atoms with Gasteiger partial charge in [-0.3, -0.25) is 0 Å². The summed E-state index contributed by atoms with van der Waals surface area (Å²) >= 11 is 0. The minimum absolute atomic E-state index is 0.0107. The van der Waals surface area contributed by atoms with Crippen LogP contribution in [0, 0.1) is 5.92 Å². The van der Waals surface area contributed by atoms with E-state index in [2.05, 4.69) is 26.1 Å². The Kier molecular flexibility index (Phi) is 6.33. The second-order valence-electron chi connectivity index (χ2n) is 4.35. The van der Waals surface area contributed by atoms with Crippen LogP contribution in [0.1, 0.15) is 40.5 Å². The fourth-order valence-electron chi connectivity index (χ4n) is 1.60. The van der Waals surface area contributed by atoms with Gasteiger partial charge in [0.05, 0.1) is 18.8 Å². The number of nitrogens with one attached hydrogen (secondary N) is 1. The first-order chi connectivity index (χ1) is 6.55. The molecule has 0 aliphatic rings. The van der Waals surface area contributed by atoms with Crippen molar-refractivity contribution in [3.63, 3.8) is 0 Å². The quantitative estimate of drug-likeness (QED) is 0.581. The first-order valence-electron chi connectivity index (χ1n) is 5.54. The SMILES string of the molecule is CCC(NC(CC)(CO)CO)C(C)C. The van der Waals surface area contributed by atoms with Crippen LogP contribution in [0.25, 0.3) is 0 Å². The molecule has 0 bridgehead atoms. The van der Waals surface area contributed by atoms with Gasteiger partial charge >= 0.3 is 0 Å². The lowest BCUT2D eigenvalue weighted by molar-refractivity contribution is 0.0709. The number of aliphatic hydroxyl groups is 2. The highest BCUT2D eigenvalue weighted by Crippen LogP contribution is 2.15. The third-order valence-corrected chi connectivity index (χ3v) is 3.02. The highest BCUT2D eigenvalue weighted by molar-refractivity contribution is 4.89. The van der Waals surface area contributed by atoms with E-state index in [0.29, 0.717) is 12.0 Å². The van der Waals surface area contributed by atoms with Gasteiger partial charge in [0.2, 0.25) is 0 Å². The summed E-state index contributed by atoms with van der Waals surface area (Å²) < 4.78 is 0. The van der Waals surface area contributed by atoms with Gasteiger partial charge in [0, 0.05) is 6.04 Å². The molecule has 3 heteroatoms. The summed E-state index contributed by atoms with van der Waals surface area (Å²) in [7, 11) is 0. The van der Waals surface area contributed by atoms with Gasteiger partial charge < -0.3 is 15.5 Å². The van der Waals surface area contributed by atoms with E-state index in [-0.39, 0.29) is 13.2 Å². The van der Waals surface area contributed by atoms with Crippen molar-refractivity contribution in [2.45, 2.75) is 52.1 Å². The van der Waals surface area contributed by atoms with Gasteiger partial charge in [0.25, 0.3) is 0 Å². The number of aliphatic hydroxyl groups excluding tert-OH is 2. The molecule has 0 aliphatic carbocycles. The standard InChI is InChI=1S/C11H25NO2/c1-5-10(9(3)4)12-11(6-2,7-13)8-14/h9-10,12-14H,5-8H2,1-4H3. The molecule has 86 valence electrons. The first-order valence-corrected chi connectivity index (χ1v) is 5.54. The van der Waals surface area contributed by atoms with E-state index < -0.39 is 5.54 Å². The van der Waals surface area contributed by atoms with Gasteiger partial charge in [-0.25, -0.2) is 0 Å². The highest BCUT2D eigenvalue weighted by Gasteiger charge is 2.29. The van der Waals surface area contributed by atoms with Crippen LogP contribution in [0.2, 0.25) is 0 Å². The molecule has 1 unspecified atom stereocenters. The van der Waals surface area contributed by atoms with Gasteiger partial charge in [-0.05, 0) is 18.8 Å². The minimum atomic E-state index is -0.509. The Labute approximate surface area is 87.5 Å². The van der Waals surface area contributed by atoms with Crippen LogP contribution in [0.3, 0.4) is 0 Å². The Morgan fingerprint density at radius 2 is 1.64 bits per heavy atom. The molecule has 0 spiro atoms. The van der Waals surface area contributed by atoms with Crippen molar-refractivity contribution in [2.75, 3.05) is 13.2 Å². The molecule has 0 rings (SSSR count). The summed E-state index contributed by atoms with van der Waals surface area (Å²) in [6, 6.07) is 0.356. The Bertz CT molecular complexity index is 136. The van der Waals surface area contributed by atoms with Crippen LogP contribution in [-0.4, -0.2) is 35.0 Å². The van der Waals surface area contributed by atoms with Crippen LogP contribution >= 0.6 is 0 Å². The molecule has 0 aromatic rings. The van der Waals surface area contributed by atoms with Crippen LogP contribution in [0.5, 0.6) is 0 Å².